The molecular formula is C4H8N2O2. The summed E-state index contributed by atoms with van der Waals surface area (Å²) < 4.78 is 4.61. The van der Waals surface area contributed by atoms with Gasteiger partial charge in [0.05, 0.1) is 13.2 Å². The first kappa shape index (κ1) is 7.21. The fourth-order valence-electron chi connectivity index (χ4n) is 0.208. The Kier molecular flexibility index (Phi) is 5.60. The zero-order chi connectivity index (χ0) is 6.24. The number of hydrogen-bond acceptors (Lipinski definition) is 4. The van der Waals surface area contributed by atoms with Crippen LogP contribution in [0.2, 0.25) is 0 Å². The third kappa shape index (κ3) is 5.21. The first-order valence-corrected chi connectivity index (χ1v) is 2.16. The lowest BCUT2D eigenvalue weighted by Gasteiger charge is -1.95. The molecule has 46 valence electrons. The van der Waals surface area contributed by atoms with E-state index in [-0.39, 0.29) is 0 Å². The summed E-state index contributed by atoms with van der Waals surface area (Å²) >= 11 is 0. The summed E-state index contributed by atoms with van der Waals surface area (Å²) in [6, 6.07) is 0. The summed E-state index contributed by atoms with van der Waals surface area (Å²) in [7, 11) is 1.57. The van der Waals surface area contributed by atoms with Gasteiger partial charge >= 0.3 is 0 Å². The van der Waals surface area contributed by atoms with Crippen LogP contribution in [0.4, 0.5) is 0 Å². The molecule has 0 aliphatic rings. The molecule has 0 aliphatic heterocycles. The molecule has 0 fully saturated rings. The van der Waals surface area contributed by atoms with Crippen LogP contribution in [0.5, 0.6) is 0 Å². The molecule has 0 aromatic rings. The summed E-state index contributed by atoms with van der Waals surface area (Å²) in [5.74, 6) is 0. The monoisotopic (exact) mass is 116 g/mol. The highest BCUT2D eigenvalue weighted by atomic mass is 16.7. The largest absolute Gasteiger partial charge is 0.382 e. The Morgan fingerprint density at radius 3 is 2.88 bits per heavy atom. The Bertz CT molecular complexity index is 78.6. The van der Waals surface area contributed by atoms with Crippen LogP contribution >= 0.6 is 0 Å². The minimum absolute atomic E-state index is 0.393. The van der Waals surface area contributed by atoms with Gasteiger partial charge in [0.2, 0.25) is 6.19 Å². The minimum atomic E-state index is 0.393. The Hall–Kier alpha value is -0.790. The van der Waals surface area contributed by atoms with Crippen molar-refractivity contribution in [1.82, 2.24) is 5.48 Å². The average Bonchev–Trinajstić information content (AvgIpc) is 1.81. The Labute approximate surface area is 48.0 Å². The van der Waals surface area contributed by atoms with Crippen LogP contribution < -0.4 is 5.48 Å². The highest BCUT2D eigenvalue weighted by molar-refractivity contribution is 4.52. The fourth-order valence-corrected chi connectivity index (χ4v) is 0.208. The maximum absolute atomic E-state index is 7.84. The summed E-state index contributed by atoms with van der Waals surface area (Å²) in [6.45, 7) is 0.888. The molecule has 0 spiro atoms. The maximum Gasteiger partial charge on any atom is 0.202 e. The van der Waals surface area contributed by atoms with Crippen LogP contribution in [-0.4, -0.2) is 20.3 Å². The molecule has 0 aromatic carbocycles. The first-order chi connectivity index (χ1) is 3.91. The van der Waals surface area contributed by atoms with E-state index in [4.69, 9.17) is 5.26 Å². The molecule has 1 N–H and O–H groups in total. The van der Waals surface area contributed by atoms with E-state index in [0.717, 1.165) is 0 Å². The van der Waals surface area contributed by atoms with Crippen molar-refractivity contribution in [1.29, 1.82) is 5.26 Å². The van der Waals surface area contributed by atoms with Crippen LogP contribution in [0.3, 0.4) is 0 Å². The molecule has 0 atom stereocenters. The molecule has 8 heavy (non-hydrogen) atoms. The molecule has 0 saturated carbocycles. The van der Waals surface area contributed by atoms with Gasteiger partial charge < -0.3 is 4.74 Å². The van der Waals surface area contributed by atoms with Crippen LogP contribution in [0, 0.1) is 11.5 Å². The second kappa shape index (κ2) is 6.21. The molecule has 0 aliphatic carbocycles. The Balaban J connectivity index is 2.65. The van der Waals surface area contributed by atoms with Crippen LogP contribution in [0.15, 0.2) is 0 Å². The smallest absolute Gasteiger partial charge is 0.202 e. The van der Waals surface area contributed by atoms with Gasteiger partial charge in [-0.05, 0) is 0 Å². The summed E-state index contributed by atoms with van der Waals surface area (Å²) in [6.07, 6.45) is 1.60. The number of hydrogen-bond donors (Lipinski definition) is 1. The van der Waals surface area contributed by atoms with Gasteiger partial charge in [0.25, 0.3) is 0 Å². The zero-order valence-electron chi connectivity index (χ0n) is 4.68. The normalized spacial score (nSPS) is 8.00. The summed E-state index contributed by atoms with van der Waals surface area (Å²) in [5, 5.41) is 7.84. The molecular weight excluding hydrogens is 108 g/mol. The zero-order valence-corrected chi connectivity index (χ0v) is 4.68. The molecule has 0 saturated heterocycles. The Morgan fingerprint density at radius 2 is 2.38 bits per heavy atom. The second-order valence-corrected chi connectivity index (χ2v) is 1.06. The van der Waals surface area contributed by atoms with Crippen LogP contribution in [0.1, 0.15) is 0 Å². The minimum Gasteiger partial charge on any atom is -0.382 e. The van der Waals surface area contributed by atoms with Gasteiger partial charge in [0, 0.05) is 7.11 Å². The van der Waals surface area contributed by atoms with E-state index in [2.05, 4.69) is 9.57 Å². The van der Waals surface area contributed by atoms with E-state index in [9.17, 15) is 0 Å². The third-order valence-corrected chi connectivity index (χ3v) is 0.507. The van der Waals surface area contributed by atoms with Gasteiger partial charge in [-0.2, -0.15) is 5.26 Å². The van der Waals surface area contributed by atoms with E-state index >= 15 is 0 Å². The molecule has 4 heteroatoms. The van der Waals surface area contributed by atoms with Gasteiger partial charge in [-0.1, -0.05) is 0 Å². The predicted octanol–water partition coefficient (Wildman–Crippen LogP) is -0.365. The lowest BCUT2D eigenvalue weighted by molar-refractivity contribution is 0.0322. The van der Waals surface area contributed by atoms with E-state index in [0.29, 0.717) is 13.2 Å². The van der Waals surface area contributed by atoms with Crippen molar-refractivity contribution < 1.29 is 9.57 Å². The summed E-state index contributed by atoms with van der Waals surface area (Å²) in [4.78, 5) is 4.49. The van der Waals surface area contributed by atoms with E-state index < -0.39 is 0 Å². The van der Waals surface area contributed by atoms with Gasteiger partial charge in [-0.15, -0.1) is 0 Å². The topological polar surface area (TPSA) is 54.3 Å². The number of nitrogens with one attached hydrogen (secondary N) is 1. The fraction of sp³-hybridized carbons (Fsp3) is 0.750. The molecule has 0 radical (unpaired) electrons. The van der Waals surface area contributed by atoms with Crippen molar-refractivity contribution in [3.8, 4) is 6.19 Å². The quantitative estimate of drug-likeness (QED) is 0.236. The van der Waals surface area contributed by atoms with Gasteiger partial charge in [-0.25, -0.2) is 5.48 Å². The van der Waals surface area contributed by atoms with E-state index in [1.54, 1.807) is 13.3 Å². The number of nitrogens with zero attached hydrogens (tertiary/aromatic N) is 1. The molecule has 0 heterocycles. The predicted molar refractivity (Wildman–Crippen MR) is 26.6 cm³/mol. The van der Waals surface area contributed by atoms with Gasteiger partial charge in [0.15, 0.2) is 0 Å². The molecule has 0 amide bonds. The molecule has 0 unspecified atom stereocenters. The van der Waals surface area contributed by atoms with Crippen molar-refractivity contribution in [2.45, 2.75) is 0 Å². The van der Waals surface area contributed by atoms with Crippen molar-refractivity contribution in [2.75, 3.05) is 20.3 Å². The lowest BCUT2D eigenvalue weighted by Crippen LogP contribution is -2.11. The summed E-state index contributed by atoms with van der Waals surface area (Å²) in [5.41, 5.74) is 2.01. The SMILES string of the molecule is COCCONC#N. The van der Waals surface area contributed by atoms with Gasteiger partial charge in [-0.3, -0.25) is 4.84 Å². The number of methoxy groups -OCH3 is 1. The standard InChI is InChI=1S/C4H8N2O2/c1-7-2-3-8-6-4-5/h6H,2-3H2,1H3. The second-order valence-electron chi connectivity index (χ2n) is 1.06. The third-order valence-electron chi connectivity index (χ3n) is 0.507. The van der Waals surface area contributed by atoms with Gasteiger partial charge in [0.1, 0.15) is 0 Å². The highest BCUT2D eigenvalue weighted by Gasteiger charge is 1.80. The maximum atomic E-state index is 7.84. The van der Waals surface area contributed by atoms with Crippen molar-refractivity contribution in [3.63, 3.8) is 0 Å². The number of hydroxylamine groups is 1. The molecule has 4 nitrogen and oxygen atoms in total. The molecule has 0 rings (SSSR count). The van der Waals surface area contributed by atoms with Crippen molar-refractivity contribution in [2.24, 2.45) is 0 Å². The van der Waals surface area contributed by atoms with Crippen LogP contribution in [0.25, 0.3) is 0 Å². The average molecular weight is 116 g/mol. The number of rotatable bonds is 4. The first-order valence-electron chi connectivity index (χ1n) is 2.16. The van der Waals surface area contributed by atoms with Crippen molar-refractivity contribution >= 4 is 0 Å². The van der Waals surface area contributed by atoms with E-state index in [1.165, 1.54) is 0 Å². The number of nitriles is 1. The Morgan fingerprint density at radius 1 is 1.62 bits per heavy atom. The number of ether oxygens (including phenoxy) is 1. The van der Waals surface area contributed by atoms with E-state index in [1.807, 2.05) is 5.48 Å². The lowest BCUT2D eigenvalue weighted by atomic mass is 10.8. The molecule has 0 aromatic heterocycles. The highest BCUT2D eigenvalue weighted by Crippen LogP contribution is 1.66. The molecule has 0 bridgehead atoms. The van der Waals surface area contributed by atoms with Crippen LogP contribution in [-0.2, 0) is 9.57 Å². The van der Waals surface area contributed by atoms with Crippen molar-refractivity contribution in [3.05, 3.63) is 0 Å².